The number of hydrogen-bond donors (Lipinski definition) is 1. The van der Waals surface area contributed by atoms with Gasteiger partial charge in [-0.2, -0.15) is 5.10 Å². The highest BCUT2D eigenvalue weighted by Crippen LogP contribution is 2.53. The van der Waals surface area contributed by atoms with Crippen LogP contribution in [0.5, 0.6) is 0 Å². The second-order valence-corrected chi connectivity index (χ2v) is 7.54. The van der Waals surface area contributed by atoms with E-state index in [1.807, 2.05) is 23.0 Å². The molecule has 4 bridgehead atoms. The molecule has 0 radical (unpaired) electrons. The maximum Gasteiger partial charge on any atom is 0.0706 e. The van der Waals surface area contributed by atoms with Gasteiger partial charge < -0.3 is 5.32 Å². The molecule has 3 nitrogen and oxygen atoms in total. The number of fused-ring (bicyclic) bond motifs is 1. The summed E-state index contributed by atoms with van der Waals surface area (Å²) >= 11 is 0. The number of nitrogens with zero attached hydrogens (tertiary/aromatic N) is 2. The zero-order valence-electron chi connectivity index (χ0n) is 12.4. The summed E-state index contributed by atoms with van der Waals surface area (Å²) in [4.78, 5) is 0. The Hall–Kier alpha value is -1.35. The number of nitrogens with one attached hydrogen (secondary N) is 1. The van der Waals surface area contributed by atoms with Gasteiger partial charge in [-0.3, -0.25) is 0 Å². The first kappa shape index (κ1) is 12.2. The molecule has 4 fully saturated rings. The minimum absolute atomic E-state index is 0.761. The van der Waals surface area contributed by atoms with Crippen LogP contribution >= 0.6 is 0 Å². The largest absolute Gasteiger partial charge is 0.309 e. The molecule has 0 unspecified atom stereocenters. The topological polar surface area (TPSA) is 29.3 Å². The van der Waals surface area contributed by atoms with Gasteiger partial charge in [-0.15, -0.1) is 0 Å². The second-order valence-electron chi connectivity index (χ2n) is 7.54. The van der Waals surface area contributed by atoms with Gasteiger partial charge in [-0.25, -0.2) is 4.52 Å². The van der Waals surface area contributed by atoms with Crippen molar-refractivity contribution in [3.63, 3.8) is 0 Å². The summed E-state index contributed by atoms with van der Waals surface area (Å²) in [6, 6.07) is 7.07. The maximum atomic E-state index is 4.45. The molecule has 0 spiro atoms. The lowest BCUT2D eigenvalue weighted by molar-refractivity contribution is -0.0142. The molecular formula is C18H23N3. The Labute approximate surface area is 125 Å². The van der Waals surface area contributed by atoms with E-state index in [4.69, 9.17) is 0 Å². The molecule has 2 aromatic rings. The van der Waals surface area contributed by atoms with E-state index < -0.39 is 0 Å². The lowest BCUT2D eigenvalue weighted by Gasteiger charge is -2.54. The molecule has 4 aliphatic rings. The summed E-state index contributed by atoms with van der Waals surface area (Å²) < 4.78 is 1.98. The van der Waals surface area contributed by atoms with E-state index >= 15 is 0 Å². The standard InChI is InChI=1S/C18H23N3/c1-2-4-21-17(3-1)16(11-20-21)10-19-18-14-6-12-5-13(8-14)9-15(18)7-12/h1-4,11-15,18-19H,5-10H2. The summed E-state index contributed by atoms with van der Waals surface area (Å²) in [6.07, 6.45) is 11.5. The minimum Gasteiger partial charge on any atom is -0.309 e. The third-order valence-corrected chi connectivity index (χ3v) is 6.26. The Morgan fingerprint density at radius 1 is 1.05 bits per heavy atom. The Kier molecular flexibility index (Phi) is 2.66. The SMILES string of the molecule is c1ccn2ncc(CNC3C4CC5CC(C4)CC3C5)c2c1. The van der Waals surface area contributed by atoms with Crippen LogP contribution in [0.2, 0.25) is 0 Å². The molecule has 110 valence electrons. The Balaban J connectivity index is 1.34. The predicted molar refractivity (Wildman–Crippen MR) is 82.9 cm³/mol. The lowest BCUT2D eigenvalue weighted by atomic mass is 9.54. The molecular weight excluding hydrogens is 258 g/mol. The number of hydrogen-bond acceptors (Lipinski definition) is 2. The molecule has 3 heteroatoms. The molecule has 0 amide bonds. The van der Waals surface area contributed by atoms with E-state index in [1.54, 1.807) is 0 Å². The van der Waals surface area contributed by atoms with Crippen LogP contribution in [-0.4, -0.2) is 15.7 Å². The molecule has 0 aromatic carbocycles. The van der Waals surface area contributed by atoms with Gasteiger partial charge in [0, 0.05) is 24.3 Å². The summed E-state index contributed by atoms with van der Waals surface area (Å²) in [5.41, 5.74) is 2.58. The van der Waals surface area contributed by atoms with Crippen molar-refractivity contribution < 1.29 is 0 Å². The predicted octanol–water partition coefficient (Wildman–Crippen LogP) is 3.25. The van der Waals surface area contributed by atoms with Crippen molar-refractivity contribution in [2.24, 2.45) is 23.7 Å². The molecule has 6 rings (SSSR count). The summed E-state index contributed by atoms with van der Waals surface area (Å²) in [6.45, 7) is 0.973. The molecule has 1 N–H and O–H groups in total. The minimum atomic E-state index is 0.761. The Morgan fingerprint density at radius 3 is 2.57 bits per heavy atom. The van der Waals surface area contributed by atoms with Crippen molar-refractivity contribution >= 4 is 5.52 Å². The highest BCUT2D eigenvalue weighted by atomic mass is 15.2. The fourth-order valence-electron chi connectivity index (χ4n) is 5.61. The zero-order valence-corrected chi connectivity index (χ0v) is 12.4. The van der Waals surface area contributed by atoms with Gasteiger partial charge >= 0.3 is 0 Å². The van der Waals surface area contributed by atoms with Gasteiger partial charge in [0.15, 0.2) is 0 Å². The zero-order chi connectivity index (χ0) is 13.8. The summed E-state index contributed by atoms with van der Waals surface area (Å²) in [5, 5.41) is 8.36. The quantitative estimate of drug-likeness (QED) is 0.936. The Bertz CT molecular complexity index is 631. The van der Waals surface area contributed by atoms with Crippen molar-refractivity contribution in [2.75, 3.05) is 0 Å². The first-order valence-corrected chi connectivity index (χ1v) is 8.51. The van der Waals surface area contributed by atoms with E-state index in [2.05, 4.69) is 22.5 Å². The van der Waals surface area contributed by atoms with E-state index in [9.17, 15) is 0 Å². The van der Waals surface area contributed by atoms with Crippen molar-refractivity contribution in [3.8, 4) is 0 Å². The van der Waals surface area contributed by atoms with Gasteiger partial charge in [0.05, 0.1) is 11.7 Å². The van der Waals surface area contributed by atoms with E-state index in [0.717, 1.165) is 36.3 Å². The van der Waals surface area contributed by atoms with Crippen LogP contribution in [0.15, 0.2) is 30.6 Å². The molecule has 0 aliphatic heterocycles. The molecule has 4 aliphatic carbocycles. The number of rotatable bonds is 3. The van der Waals surface area contributed by atoms with Crippen LogP contribution in [0.4, 0.5) is 0 Å². The summed E-state index contributed by atoms with van der Waals surface area (Å²) in [7, 11) is 0. The average molecular weight is 281 g/mol. The van der Waals surface area contributed by atoms with Crippen molar-refractivity contribution in [1.82, 2.24) is 14.9 Å². The first-order valence-electron chi connectivity index (χ1n) is 8.51. The maximum absolute atomic E-state index is 4.45. The average Bonchev–Trinajstić information content (AvgIpc) is 2.89. The molecule has 2 aromatic heterocycles. The van der Waals surface area contributed by atoms with Crippen LogP contribution in [0, 0.1) is 23.7 Å². The third-order valence-electron chi connectivity index (χ3n) is 6.26. The van der Waals surface area contributed by atoms with Gasteiger partial charge in [0.1, 0.15) is 0 Å². The summed E-state index contributed by atoms with van der Waals surface area (Å²) in [5.74, 6) is 4.01. The van der Waals surface area contributed by atoms with Gasteiger partial charge in [0.25, 0.3) is 0 Å². The highest BCUT2D eigenvalue weighted by Gasteiger charge is 2.47. The molecule has 0 atom stereocenters. The van der Waals surface area contributed by atoms with Crippen molar-refractivity contribution in [3.05, 3.63) is 36.2 Å². The van der Waals surface area contributed by atoms with Gasteiger partial charge in [0.2, 0.25) is 0 Å². The Morgan fingerprint density at radius 2 is 1.81 bits per heavy atom. The molecule has 21 heavy (non-hydrogen) atoms. The number of aromatic nitrogens is 2. The lowest BCUT2D eigenvalue weighted by Crippen LogP contribution is -2.54. The smallest absolute Gasteiger partial charge is 0.0706 e. The van der Waals surface area contributed by atoms with Crippen LogP contribution < -0.4 is 5.32 Å². The van der Waals surface area contributed by atoms with Crippen LogP contribution in [-0.2, 0) is 6.54 Å². The first-order chi connectivity index (χ1) is 10.4. The van der Waals surface area contributed by atoms with E-state index in [-0.39, 0.29) is 0 Å². The van der Waals surface area contributed by atoms with Crippen LogP contribution in [0.25, 0.3) is 5.52 Å². The van der Waals surface area contributed by atoms with E-state index in [1.165, 1.54) is 43.2 Å². The van der Waals surface area contributed by atoms with Crippen LogP contribution in [0.1, 0.15) is 37.7 Å². The van der Waals surface area contributed by atoms with Gasteiger partial charge in [-0.1, -0.05) is 6.07 Å². The number of pyridine rings is 1. The monoisotopic (exact) mass is 281 g/mol. The molecule has 0 saturated heterocycles. The van der Waals surface area contributed by atoms with E-state index in [0.29, 0.717) is 0 Å². The molecule has 4 saturated carbocycles. The second kappa shape index (κ2) is 4.57. The van der Waals surface area contributed by atoms with Crippen molar-refractivity contribution in [2.45, 2.75) is 44.7 Å². The third kappa shape index (κ3) is 1.94. The molecule has 2 heterocycles. The van der Waals surface area contributed by atoms with Crippen molar-refractivity contribution in [1.29, 1.82) is 0 Å². The fourth-order valence-corrected chi connectivity index (χ4v) is 5.61. The fraction of sp³-hybridized carbons (Fsp3) is 0.611. The highest BCUT2D eigenvalue weighted by molar-refractivity contribution is 5.53. The van der Waals surface area contributed by atoms with Gasteiger partial charge in [-0.05, 0) is 67.9 Å². The van der Waals surface area contributed by atoms with Crippen LogP contribution in [0.3, 0.4) is 0 Å². The normalized spacial score (nSPS) is 37.4.